The van der Waals surface area contributed by atoms with Crippen molar-refractivity contribution in [2.24, 2.45) is 5.92 Å². The minimum atomic E-state index is 0.667. The number of nitrogens with one attached hydrogen (secondary N) is 1. The van der Waals surface area contributed by atoms with Crippen LogP contribution in [0.4, 0.5) is 0 Å². The molecule has 1 nitrogen and oxygen atoms in total. The van der Waals surface area contributed by atoms with Crippen LogP contribution in [0.25, 0.3) is 0 Å². The van der Waals surface area contributed by atoms with Crippen molar-refractivity contribution in [2.75, 3.05) is 6.54 Å². The molecule has 0 aromatic heterocycles. The fraction of sp³-hybridized carbons (Fsp3) is 0.667. The van der Waals surface area contributed by atoms with Gasteiger partial charge in [0, 0.05) is 6.04 Å². The second kappa shape index (κ2) is 6.09. The Hall–Kier alpha value is -0.820. The third-order valence-electron chi connectivity index (χ3n) is 5.23. The molecule has 1 N–H and O–H groups in total. The Morgan fingerprint density at radius 3 is 2.53 bits per heavy atom. The molecule has 0 heterocycles. The first kappa shape index (κ1) is 13.2. The highest BCUT2D eigenvalue weighted by Crippen LogP contribution is 2.33. The lowest BCUT2D eigenvalue weighted by molar-refractivity contribution is 0.378. The van der Waals surface area contributed by atoms with Gasteiger partial charge in [-0.25, -0.2) is 0 Å². The molecule has 0 spiro atoms. The van der Waals surface area contributed by atoms with Crippen LogP contribution in [0.5, 0.6) is 0 Å². The first-order valence-electron chi connectivity index (χ1n) is 8.16. The zero-order chi connectivity index (χ0) is 13.1. The van der Waals surface area contributed by atoms with Gasteiger partial charge in [-0.3, -0.25) is 0 Å². The zero-order valence-corrected chi connectivity index (χ0v) is 12.2. The monoisotopic (exact) mass is 257 g/mol. The molecule has 2 aliphatic rings. The molecule has 0 saturated heterocycles. The van der Waals surface area contributed by atoms with E-state index in [2.05, 4.69) is 36.5 Å². The van der Waals surface area contributed by atoms with E-state index in [0.29, 0.717) is 12.0 Å². The van der Waals surface area contributed by atoms with E-state index in [-0.39, 0.29) is 0 Å². The van der Waals surface area contributed by atoms with E-state index < -0.39 is 0 Å². The molecule has 1 saturated carbocycles. The van der Waals surface area contributed by atoms with E-state index in [0.717, 1.165) is 5.92 Å². The van der Waals surface area contributed by atoms with E-state index >= 15 is 0 Å². The van der Waals surface area contributed by atoms with Crippen LogP contribution in [0.1, 0.15) is 62.5 Å². The Labute approximate surface area is 117 Å². The van der Waals surface area contributed by atoms with Gasteiger partial charge in [-0.15, -0.1) is 0 Å². The average molecular weight is 257 g/mol. The maximum absolute atomic E-state index is 3.88. The summed E-state index contributed by atoms with van der Waals surface area (Å²) < 4.78 is 0. The molecule has 1 aromatic rings. The molecule has 19 heavy (non-hydrogen) atoms. The molecule has 1 heteroatoms. The van der Waals surface area contributed by atoms with Gasteiger partial charge in [0.05, 0.1) is 0 Å². The van der Waals surface area contributed by atoms with Gasteiger partial charge in [0.1, 0.15) is 0 Å². The van der Waals surface area contributed by atoms with Crippen LogP contribution in [0, 0.1) is 5.92 Å². The number of hydrogen-bond donors (Lipinski definition) is 1. The van der Waals surface area contributed by atoms with Crippen LogP contribution in [0.3, 0.4) is 0 Å². The first-order chi connectivity index (χ1) is 9.34. The minimum Gasteiger partial charge on any atom is -0.313 e. The van der Waals surface area contributed by atoms with Gasteiger partial charge in [-0.1, -0.05) is 56.9 Å². The molecule has 1 aromatic carbocycles. The molecule has 0 bridgehead atoms. The normalized spacial score (nSPS) is 28.1. The van der Waals surface area contributed by atoms with Crippen molar-refractivity contribution >= 4 is 0 Å². The van der Waals surface area contributed by atoms with E-state index in [1.165, 1.54) is 51.5 Å². The lowest BCUT2D eigenvalue weighted by Gasteiger charge is -2.22. The topological polar surface area (TPSA) is 12.0 Å². The van der Waals surface area contributed by atoms with E-state index in [4.69, 9.17) is 0 Å². The maximum Gasteiger partial charge on any atom is 0.0174 e. The van der Waals surface area contributed by atoms with E-state index in [1.54, 1.807) is 11.1 Å². The molecule has 104 valence electrons. The highest BCUT2D eigenvalue weighted by Gasteiger charge is 2.28. The number of fused-ring (bicyclic) bond motifs is 1. The SMILES string of the molecule is CC1c2ccccc2C[C@@H]1NCC1CCCCCC1. The second-order valence-corrected chi connectivity index (χ2v) is 6.56. The molecule has 3 rings (SSSR count). The predicted octanol–water partition coefficient (Wildman–Crippen LogP) is 4.27. The summed E-state index contributed by atoms with van der Waals surface area (Å²) >= 11 is 0. The molecule has 1 fully saturated rings. The molecule has 0 radical (unpaired) electrons. The van der Waals surface area contributed by atoms with Crippen LogP contribution >= 0.6 is 0 Å². The van der Waals surface area contributed by atoms with Crippen LogP contribution < -0.4 is 5.32 Å². The van der Waals surface area contributed by atoms with Crippen molar-refractivity contribution in [1.29, 1.82) is 0 Å². The highest BCUT2D eigenvalue weighted by molar-refractivity contribution is 5.37. The van der Waals surface area contributed by atoms with Crippen LogP contribution in [0.15, 0.2) is 24.3 Å². The number of hydrogen-bond acceptors (Lipinski definition) is 1. The largest absolute Gasteiger partial charge is 0.313 e. The Morgan fingerprint density at radius 2 is 1.79 bits per heavy atom. The molecule has 0 amide bonds. The molecule has 0 aliphatic heterocycles. The maximum atomic E-state index is 3.88. The van der Waals surface area contributed by atoms with Gasteiger partial charge in [-0.05, 0) is 48.8 Å². The van der Waals surface area contributed by atoms with Crippen LogP contribution in [-0.2, 0) is 6.42 Å². The Kier molecular flexibility index (Phi) is 4.22. The fourth-order valence-corrected chi connectivity index (χ4v) is 3.93. The molecule has 1 unspecified atom stereocenters. The molecule has 2 aliphatic carbocycles. The molecular weight excluding hydrogens is 230 g/mol. The highest BCUT2D eigenvalue weighted by atomic mass is 14.9. The van der Waals surface area contributed by atoms with Gasteiger partial charge in [0.15, 0.2) is 0 Å². The smallest absolute Gasteiger partial charge is 0.0174 e. The third kappa shape index (κ3) is 3.02. The summed E-state index contributed by atoms with van der Waals surface area (Å²) in [6.45, 7) is 3.62. The Morgan fingerprint density at radius 1 is 1.05 bits per heavy atom. The van der Waals surface area contributed by atoms with Crippen molar-refractivity contribution < 1.29 is 0 Å². The van der Waals surface area contributed by atoms with Gasteiger partial charge < -0.3 is 5.32 Å². The summed E-state index contributed by atoms with van der Waals surface area (Å²) in [5, 5.41) is 3.88. The second-order valence-electron chi connectivity index (χ2n) is 6.56. The quantitative estimate of drug-likeness (QED) is 0.797. The standard InChI is InChI=1S/C18H27N/c1-14-17-11-7-6-10-16(17)12-18(14)19-13-15-8-4-2-3-5-9-15/h6-7,10-11,14-15,18-19H,2-5,8-9,12-13H2,1H3/t14?,18-/m0/s1. The predicted molar refractivity (Wildman–Crippen MR) is 81.5 cm³/mol. The van der Waals surface area contributed by atoms with Crippen LogP contribution in [0.2, 0.25) is 0 Å². The summed E-state index contributed by atoms with van der Waals surface area (Å²) in [5.41, 5.74) is 3.13. The summed E-state index contributed by atoms with van der Waals surface area (Å²) in [4.78, 5) is 0. The van der Waals surface area contributed by atoms with Crippen molar-refractivity contribution in [1.82, 2.24) is 5.32 Å². The summed E-state index contributed by atoms with van der Waals surface area (Å²) in [7, 11) is 0. The Bertz CT molecular complexity index is 404. The fourth-order valence-electron chi connectivity index (χ4n) is 3.93. The first-order valence-corrected chi connectivity index (χ1v) is 8.16. The van der Waals surface area contributed by atoms with Crippen molar-refractivity contribution in [3.05, 3.63) is 35.4 Å². The Balaban J connectivity index is 1.54. The summed E-state index contributed by atoms with van der Waals surface area (Å²) in [5.74, 6) is 1.61. The lowest BCUT2D eigenvalue weighted by atomic mass is 9.97. The minimum absolute atomic E-state index is 0.667. The van der Waals surface area contributed by atoms with Crippen molar-refractivity contribution in [2.45, 2.75) is 63.8 Å². The summed E-state index contributed by atoms with van der Waals surface area (Å²) in [6, 6.07) is 9.65. The van der Waals surface area contributed by atoms with Crippen LogP contribution in [-0.4, -0.2) is 12.6 Å². The molecular formula is C18H27N. The average Bonchev–Trinajstić information content (AvgIpc) is 2.63. The van der Waals surface area contributed by atoms with E-state index in [1.807, 2.05) is 0 Å². The van der Waals surface area contributed by atoms with Crippen molar-refractivity contribution in [3.63, 3.8) is 0 Å². The lowest BCUT2D eigenvalue weighted by Crippen LogP contribution is -2.35. The summed E-state index contributed by atoms with van der Waals surface area (Å²) in [6.07, 6.45) is 9.94. The van der Waals surface area contributed by atoms with Crippen molar-refractivity contribution in [3.8, 4) is 0 Å². The zero-order valence-electron chi connectivity index (χ0n) is 12.2. The number of benzene rings is 1. The van der Waals surface area contributed by atoms with Gasteiger partial charge in [0.25, 0.3) is 0 Å². The van der Waals surface area contributed by atoms with Gasteiger partial charge in [0.2, 0.25) is 0 Å². The van der Waals surface area contributed by atoms with E-state index in [9.17, 15) is 0 Å². The third-order valence-corrected chi connectivity index (χ3v) is 5.23. The number of rotatable bonds is 3. The van der Waals surface area contributed by atoms with Gasteiger partial charge in [-0.2, -0.15) is 0 Å². The molecule has 2 atom stereocenters. The van der Waals surface area contributed by atoms with Gasteiger partial charge >= 0.3 is 0 Å².